The van der Waals surface area contributed by atoms with Crippen molar-refractivity contribution in [3.05, 3.63) is 64.5 Å². The number of amides is 2. The second-order valence-corrected chi connectivity index (χ2v) is 6.59. The molecule has 0 spiro atoms. The van der Waals surface area contributed by atoms with Crippen molar-refractivity contribution in [3.63, 3.8) is 0 Å². The number of benzene rings is 2. The Kier molecular flexibility index (Phi) is 5.22. The van der Waals surface area contributed by atoms with Crippen molar-refractivity contribution in [1.29, 1.82) is 0 Å². The number of carboxylic acids is 1. The standard InChI is InChI=1S/C18H15BrFN3O3/c19-11-5-6-15(13(20)8-11)22-18(26)23-16(17(24)25)7-10-9-21-14-4-2-1-3-12(10)14/h1-6,8-9,16,21H,7H2,(H,24,25)(H2,22,23,26). The molecule has 0 aliphatic carbocycles. The molecule has 3 aromatic rings. The molecule has 0 saturated carbocycles. The maximum atomic E-state index is 13.8. The molecular formula is C18H15BrFN3O3. The summed E-state index contributed by atoms with van der Waals surface area (Å²) in [5.41, 5.74) is 1.61. The highest BCUT2D eigenvalue weighted by atomic mass is 79.9. The molecule has 1 aromatic heterocycles. The highest BCUT2D eigenvalue weighted by molar-refractivity contribution is 9.10. The lowest BCUT2D eigenvalue weighted by atomic mass is 10.1. The Labute approximate surface area is 156 Å². The minimum atomic E-state index is -1.18. The molecule has 2 amide bonds. The Morgan fingerprint density at radius 2 is 2.00 bits per heavy atom. The third-order valence-electron chi connectivity index (χ3n) is 3.88. The Balaban J connectivity index is 1.72. The summed E-state index contributed by atoms with van der Waals surface area (Å²) in [7, 11) is 0. The van der Waals surface area contributed by atoms with Crippen molar-refractivity contribution in [2.24, 2.45) is 0 Å². The number of H-pyrrole nitrogens is 1. The summed E-state index contributed by atoms with van der Waals surface area (Å²) in [4.78, 5) is 26.7. The van der Waals surface area contributed by atoms with Crippen LogP contribution >= 0.6 is 15.9 Å². The van der Waals surface area contributed by atoms with Crippen molar-refractivity contribution >= 4 is 44.5 Å². The summed E-state index contributed by atoms with van der Waals surface area (Å²) in [5.74, 6) is -1.81. The van der Waals surface area contributed by atoms with Crippen molar-refractivity contribution in [2.75, 3.05) is 5.32 Å². The van der Waals surface area contributed by atoms with E-state index in [-0.39, 0.29) is 12.1 Å². The van der Waals surface area contributed by atoms with Crippen LogP contribution in [0.2, 0.25) is 0 Å². The molecular weight excluding hydrogens is 405 g/mol. The number of carbonyl (C=O) groups excluding carboxylic acids is 1. The van der Waals surface area contributed by atoms with Crippen LogP contribution in [-0.4, -0.2) is 28.1 Å². The van der Waals surface area contributed by atoms with Gasteiger partial charge in [-0.05, 0) is 29.8 Å². The van der Waals surface area contributed by atoms with Gasteiger partial charge in [-0.2, -0.15) is 0 Å². The van der Waals surface area contributed by atoms with E-state index < -0.39 is 23.9 Å². The number of urea groups is 1. The van der Waals surface area contributed by atoms with Gasteiger partial charge in [-0.1, -0.05) is 34.1 Å². The maximum Gasteiger partial charge on any atom is 0.326 e. The number of fused-ring (bicyclic) bond motifs is 1. The fraction of sp³-hybridized carbons (Fsp3) is 0.111. The third kappa shape index (κ3) is 4.02. The van der Waals surface area contributed by atoms with Crippen molar-refractivity contribution in [1.82, 2.24) is 10.3 Å². The van der Waals surface area contributed by atoms with Crippen LogP contribution in [0.3, 0.4) is 0 Å². The average molecular weight is 420 g/mol. The van der Waals surface area contributed by atoms with Gasteiger partial charge in [0.25, 0.3) is 0 Å². The zero-order valence-corrected chi connectivity index (χ0v) is 15.0. The van der Waals surface area contributed by atoms with E-state index in [1.165, 1.54) is 12.1 Å². The molecule has 1 unspecified atom stereocenters. The Hall–Kier alpha value is -2.87. The van der Waals surface area contributed by atoms with Crippen molar-refractivity contribution < 1.29 is 19.1 Å². The number of halogens is 2. The van der Waals surface area contributed by atoms with Gasteiger partial charge in [0, 0.05) is 28.0 Å². The molecule has 6 nitrogen and oxygen atoms in total. The van der Waals surface area contributed by atoms with E-state index in [0.29, 0.717) is 4.47 Å². The molecule has 1 heterocycles. The van der Waals surface area contributed by atoms with Crippen molar-refractivity contribution in [3.8, 4) is 0 Å². The van der Waals surface area contributed by atoms with Gasteiger partial charge in [-0.15, -0.1) is 0 Å². The molecule has 134 valence electrons. The molecule has 2 aromatic carbocycles. The maximum absolute atomic E-state index is 13.8. The van der Waals surface area contributed by atoms with Crippen LogP contribution in [0.4, 0.5) is 14.9 Å². The molecule has 4 N–H and O–H groups in total. The van der Waals surface area contributed by atoms with Crippen LogP contribution < -0.4 is 10.6 Å². The number of aromatic nitrogens is 1. The molecule has 3 rings (SSSR count). The van der Waals surface area contributed by atoms with E-state index in [9.17, 15) is 19.1 Å². The number of rotatable bonds is 5. The highest BCUT2D eigenvalue weighted by Gasteiger charge is 2.22. The van der Waals surface area contributed by atoms with Crippen LogP contribution in [-0.2, 0) is 11.2 Å². The smallest absolute Gasteiger partial charge is 0.326 e. The summed E-state index contributed by atoms with van der Waals surface area (Å²) in [6.07, 6.45) is 1.81. The number of aromatic amines is 1. The largest absolute Gasteiger partial charge is 0.480 e. The molecule has 8 heteroatoms. The van der Waals surface area contributed by atoms with E-state index >= 15 is 0 Å². The fourth-order valence-electron chi connectivity index (χ4n) is 2.63. The number of aliphatic carboxylic acids is 1. The van der Waals surface area contributed by atoms with Gasteiger partial charge in [-0.3, -0.25) is 0 Å². The normalized spacial score (nSPS) is 11.9. The minimum absolute atomic E-state index is 0.0399. The second kappa shape index (κ2) is 7.57. The molecule has 0 aliphatic heterocycles. The second-order valence-electron chi connectivity index (χ2n) is 5.68. The van der Waals surface area contributed by atoms with Gasteiger partial charge >= 0.3 is 12.0 Å². The number of nitrogens with one attached hydrogen (secondary N) is 3. The number of anilines is 1. The SMILES string of the molecule is O=C(Nc1ccc(Br)cc1F)NC(Cc1c[nH]c2ccccc12)C(=O)O. The highest BCUT2D eigenvalue weighted by Crippen LogP contribution is 2.20. The lowest BCUT2D eigenvalue weighted by Crippen LogP contribution is -2.44. The molecule has 0 aliphatic rings. The number of carboxylic acid groups (broad SMARTS) is 1. The van der Waals surface area contributed by atoms with Crippen LogP contribution in [0, 0.1) is 5.82 Å². The van der Waals surface area contributed by atoms with Gasteiger partial charge in [-0.25, -0.2) is 14.0 Å². The van der Waals surface area contributed by atoms with Gasteiger partial charge < -0.3 is 20.7 Å². The van der Waals surface area contributed by atoms with Crippen molar-refractivity contribution in [2.45, 2.75) is 12.5 Å². The third-order valence-corrected chi connectivity index (χ3v) is 4.37. The molecule has 0 fully saturated rings. The fourth-order valence-corrected chi connectivity index (χ4v) is 2.96. The summed E-state index contributed by atoms with van der Waals surface area (Å²) in [6.45, 7) is 0. The van der Waals surface area contributed by atoms with E-state index in [4.69, 9.17) is 0 Å². The molecule has 1 atom stereocenters. The average Bonchev–Trinajstić information content (AvgIpc) is 3.00. The minimum Gasteiger partial charge on any atom is -0.480 e. The van der Waals surface area contributed by atoms with E-state index in [2.05, 4.69) is 31.5 Å². The lowest BCUT2D eigenvalue weighted by molar-refractivity contribution is -0.139. The zero-order chi connectivity index (χ0) is 18.7. The predicted molar refractivity (Wildman–Crippen MR) is 99.7 cm³/mol. The Bertz CT molecular complexity index is 973. The number of hydrogen-bond acceptors (Lipinski definition) is 2. The quantitative estimate of drug-likeness (QED) is 0.505. The first-order valence-electron chi connectivity index (χ1n) is 7.74. The Morgan fingerprint density at radius 3 is 2.73 bits per heavy atom. The summed E-state index contributed by atoms with van der Waals surface area (Å²) in [6, 6.07) is 9.68. The van der Waals surface area contributed by atoms with Gasteiger partial charge in [0.2, 0.25) is 0 Å². The van der Waals surface area contributed by atoms with E-state index in [1.807, 2.05) is 24.3 Å². The van der Waals surface area contributed by atoms with Crippen LogP contribution in [0.15, 0.2) is 53.1 Å². The van der Waals surface area contributed by atoms with Crippen LogP contribution in [0.1, 0.15) is 5.56 Å². The van der Waals surface area contributed by atoms with Crippen LogP contribution in [0.25, 0.3) is 10.9 Å². The number of para-hydroxylation sites is 1. The van der Waals surface area contributed by atoms with E-state index in [0.717, 1.165) is 16.5 Å². The molecule has 0 radical (unpaired) electrons. The number of hydrogen-bond donors (Lipinski definition) is 4. The first-order valence-corrected chi connectivity index (χ1v) is 8.53. The Morgan fingerprint density at radius 1 is 1.23 bits per heavy atom. The number of carbonyl (C=O) groups is 2. The van der Waals surface area contributed by atoms with E-state index in [1.54, 1.807) is 12.3 Å². The van der Waals surface area contributed by atoms with Gasteiger partial charge in [0.15, 0.2) is 0 Å². The zero-order valence-electron chi connectivity index (χ0n) is 13.4. The predicted octanol–water partition coefficient (Wildman–Crippen LogP) is 3.89. The summed E-state index contributed by atoms with van der Waals surface area (Å²) < 4.78 is 14.3. The summed E-state index contributed by atoms with van der Waals surface area (Å²) >= 11 is 3.13. The monoisotopic (exact) mass is 419 g/mol. The summed E-state index contributed by atoms with van der Waals surface area (Å²) in [5, 5.41) is 15.0. The molecule has 0 saturated heterocycles. The topological polar surface area (TPSA) is 94.2 Å². The van der Waals surface area contributed by atoms with Gasteiger partial charge in [0.1, 0.15) is 11.9 Å². The molecule has 0 bridgehead atoms. The van der Waals surface area contributed by atoms with Gasteiger partial charge in [0.05, 0.1) is 5.69 Å². The first kappa shape index (κ1) is 17.9. The lowest BCUT2D eigenvalue weighted by Gasteiger charge is -2.15. The first-order chi connectivity index (χ1) is 12.4. The molecule has 26 heavy (non-hydrogen) atoms. The van der Waals surface area contributed by atoms with Crippen LogP contribution in [0.5, 0.6) is 0 Å².